The van der Waals surface area contributed by atoms with Gasteiger partial charge >= 0.3 is 0 Å². The summed E-state index contributed by atoms with van der Waals surface area (Å²) in [6.07, 6.45) is 5.32. The Morgan fingerprint density at radius 1 is 1.02 bits per heavy atom. The molecule has 3 aromatic carbocycles. The van der Waals surface area contributed by atoms with E-state index in [0.717, 1.165) is 42.3 Å². The number of ketones is 1. The van der Waals surface area contributed by atoms with Crippen molar-refractivity contribution < 1.29 is 14.7 Å². The van der Waals surface area contributed by atoms with Crippen LogP contribution in [0.2, 0.25) is 5.02 Å². The molecule has 4 unspecified atom stereocenters. The number of hydrogen-bond donors (Lipinski definition) is 3. The highest BCUT2D eigenvalue weighted by Crippen LogP contribution is 2.64. The summed E-state index contributed by atoms with van der Waals surface area (Å²) in [5, 5.41) is 14.2. The standard InChI is InChI=1S/C32H29ClN4O3/c33-19-12-13-21-24(16-19)36-31(40)32(21)28(29(39)30-34-22-9-2-3-10-23(22)35-30)27(18-7-5-8-20(38)14-18)26-15-17-6-1-4-11-25(17)37(26)32/h2-3,5,7-10,12-14,16-17,25-28,38H,1,4,6,11,15H2,(H,34,35)(H,36,40)/t17?,25?,26?,27-,28?,32+/m0/s1. The molecule has 0 bridgehead atoms. The number of para-hydroxylation sites is 2. The topological polar surface area (TPSA) is 98.3 Å². The second kappa shape index (κ2) is 8.66. The van der Waals surface area contributed by atoms with E-state index in [0.29, 0.717) is 22.1 Å². The van der Waals surface area contributed by atoms with E-state index in [9.17, 15) is 14.7 Å². The molecule has 0 radical (unpaired) electrons. The second-order valence-electron chi connectivity index (χ2n) is 11.8. The number of aromatic nitrogens is 2. The van der Waals surface area contributed by atoms with Crippen LogP contribution in [-0.4, -0.2) is 43.7 Å². The molecule has 3 aliphatic heterocycles. The number of rotatable bonds is 3. The number of anilines is 1. The van der Waals surface area contributed by atoms with E-state index in [1.165, 1.54) is 6.42 Å². The Morgan fingerprint density at radius 2 is 1.88 bits per heavy atom. The molecular weight excluding hydrogens is 524 g/mol. The number of H-pyrrole nitrogens is 1. The number of phenols is 1. The van der Waals surface area contributed by atoms with Crippen LogP contribution < -0.4 is 5.32 Å². The van der Waals surface area contributed by atoms with Gasteiger partial charge in [0.25, 0.3) is 0 Å². The highest BCUT2D eigenvalue weighted by molar-refractivity contribution is 6.31. The van der Waals surface area contributed by atoms with Crippen molar-refractivity contribution in [3.63, 3.8) is 0 Å². The van der Waals surface area contributed by atoms with Gasteiger partial charge in [-0.3, -0.25) is 14.5 Å². The smallest absolute Gasteiger partial charge is 0.250 e. The normalized spacial score (nSPS) is 30.8. The van der Waals surface area contributed by atoms with E-state index in [1.54, 1.807) is 18.2 Å². The zero-order chi connectivity index (χ0) is 27.2. The number of nitrogens with zero attached hydrogens (tertiary/aromatic N) is 2. The number of Topliss-reactive ketones (excluding diaryl/α,β-unsaturated/α-hetero) is 1. The summed E-state index contributed by atoms with van der Waals surface area (Å²) in [5.74, 6) is -0.578. The van der Waals surface area contributed by atoms with Gasteiger partial charge in [0.05, 0.1) is 17.0 Å². The van der Waals surface area contributed by atoms with Crippen LogP contribution in [0.5, 0.6) is 5.75 Å². The lowest BCUT2D eigenvalue weighted by Gasteiger charge is -2.42. The zero-order valence-corrected chi connectivity index (χ0v) is 22.6. The number of carbonyl (C=O) groups excluding carboxylic acids is 2. The third-order valence-corrected chi connectivity index (χ3v) is 10.1. The summed E-state index contributed by atoms with van der Waals surface area (Å²) in [5.41, 5.74) is 2.61. The number of nitrogens with one attached hydrogen (secondary N) is 2. The van der Waals surface area contributed by atoms with Gasteiger partial charge in [0.15, 0.2) is 5.82 Å². The lowest BCUT2D eigenvalue weighted by atomic mass is 9.68. The summed E-state index contributed by atoms with van der Waals surface area (Å²) >= 11 is 6.40. The van der Waals surface area contributed by atoms with Crippen molar-refractivity contribution in [2.75, 3.05) is 5.32 Å². The van der Waals surface area contributed by atoms with Crippen LogP contribution in [-0.2, 0) is 10.3 Å². The molecule has 4 aliphatic rings. The molecule has 1 aromatic heterocycles. The molecule has 3 N–H and O–H groups in total. The first-order valence-electron chi connectivity index (χ1n) is 14.1. The Hall–Kier alpha value is -3.68. The van der Waals surface area contributed by atoms with Gasteiger partial charge in [-0.05, 0) is 67.1 Å². The average molecular weight is 553 g/mol. The van der Waals surface area contributed by atoms with E-state index in [1.807, 2.05) is 48.5 Å². The fourth-order valence-corrected chi connectivity index (χ4v) is 8.73. The van der Waals surface area contributed by atoms with Crippen molar-refractivity contribution >= 4 is 40.0 Å². The van der Waals surface area contributed by atoms with Crippen molar-refractivity contribution in [3.05, 3.63) is 88.7 Å². The van der Waals surface area contributed by atoms with Crippen LogP contribution in [0.4, 0.5) is 5.69 Å². The minimum absolute atomic E-state index is 0.0411. The van der Waals surface area contributed by atoms with Gasteiger partial charge in [-0.2, -0.15) is 0 Å². The summed E-state index contributed by atoms with van der Waals surface area (Å²) in [4.78, 5) is 39.7. The number of aromatic amines is 1. The predicted molar refractivity (Wildman–Crippen MR) is 153 cm³/mol. The fraction of sp³-hybridized carbons (Fsp3) is 0.344. The molecular formula is C32H29ClN4O3. The van der Waals surface area contributed by atoms with Gasteiger partial charge < -0.3 is 15.4 Å². The quantitative estimate of drug-likeness (QED) is 0.271. The van der Waals surface area contributed by atoms with Crippen LogP contribution in [0, 0.1) is 11.8 Å². The van der Waals surface area contributed by atoms with E-state index in [4.69, 9.17) is 16.6 Å². The van der Waals surface area contributed by atoms with Crippen LogP contribution >= 0.6 is 11.6 Å². The molecule has 8 heteroatoms. The van der Waals surface area contributed by atoms with Crippen molar-refractivity contribution in [3.8, 4) is 5.75 Å². The highest BCUT2D eigenvalue weighted by atomic mass is 35.5. The number of fused-ring (bicyclic) bond motifs is 7. The monoisotopic (exact) mass is 552 g/mol. The number of amides is 1. The number of hydrogen-bond acceptors (Lipinski definition) is 5. The number of imidazole rings is 1. The number of carbonyl (C=O) groups is 2. The van der Waals surface area contributed by atoms with Gasteiger partial charge in [-0.15, -0.1) is 0 Å². The van der Waals surface area contributed by atoms with E-state index in [2.05, 4.69) is 15.2 Å². The molecule has 1 saturated carbocycles. The lowest BCUT2D eigenvalue weighted by molar-refractivity contribution is -0.129. The number of phenolic OH excluding ortho intramolecular Hbond substituents is 1. The minimum atomic E-state index is -1.21. The van der Waals surface area contributed by atoms with Gasteiger partial charge in [-0.25, -0.2) is 4.98 Å². The van der Waals surface area contributed by atoms with Crippen molar-refractivity contribution in [2.45, 2.75) is 55.6 Å². The number of aromatic hydroxyl groups is 1. The summed E-state index contributed by atoms with van der Waals surface area (Å²) in [6, 6.07) is 20.5. The fourth-order valence-electron chi connectivity index (χ4n) is 8.56. The third kappa shape index (κ3) is 3.19. The Bertz CT molecular complexity index is 1670. The first-order valence-corrected chi connectivity index (χ1v) is 14.5. The molecule has 2 saturated heterocycles. The molecule has 7 nitrogen and oxygen atoms in total. The summed E-state index contributed by atoms with van der Waals surface area (Å²) in [6.45, 7) is 0. The van der Waals surface area contributed by atoms with Crippen LogP contribution in [0.25, 0.3) is 11.0 Å². The second-order valence-corrected chi connectivity index (χ2v) is 12.2. The molecule has 1 amide bonds. The molecule has 1 aliphatic carbocycles. The maximum Gasteiger partial charge on any atom is 0.250 e. The van der Waals surface area contributed by atoms with Gasteiger partial charge in [0.1, 0.15) is 11.3 Å². The van der Waals surface area contributed by atoms with Gasteiger partial charge in [0, 0.05) is 34.3 Å². The Morgan fingerprint density at radius 3 is 2.73 bits per heavy atom. The highest BCUT2D eigenvalue weighted by Gasteiger charge is 2.72. The van der Waals surface area contributed by atoms with E-state index in [-0.39, 0.29) is 41.3 Å². The summed E-state index contributed by atoms with van der Waals surface area (Å²) in [7, 11) is 0. The Balaban J connectivity index is 1.40. The Kier molecular flexibility index (Phi) is 5.23. The first-order chi connectivity index (χ1) is 19.5. The third-order valence-electron chi connectivity index (χ3n) is 9.91. The van der Waals surface area contributed by atoms with E-state index < -0.39 is 11.5 Å². The molecule has 3 fully saturated rings. The number of benzene rings is 3. The van der Waals surface area contributed by atoms with Crippen molar-refractivity contribution in [1.29, 1.82) is 0 Å². The van der Waals surface area contributed by atoms with Crippen LogP contribution in [0.15, 0.2) is 66.7 Å². The lowest BCUT2D eigenvalue weighted by Crippen LogP contribution is -2.56. The van der Waals surface area contributed by atoms with Crippen molar-refractivity contribution in [2.24, 2.45) is 11.8 Å². The van der Waals surface area contributed by atoms with Crippen molar-refractivity contribution in [1.82, 2.24) is 14.9 Å². The maximum absolute atomic E-state index is 14.9. The molecule has 4 heterocycles. The van der Waals surface area contributed by atoms with Crippen LogP contribution in [0.1, 0.15) is 59.8 Å². The maximum atomic E-state index is 14.9. The minimum Gasteiger partial charge on any atom is -0.508 e. The van der Waals surface area contributed by atoms with Crippen LogP contribution in [0.3, 0.4) is 0 Å². The molecule has 40 heavy (non-hydrogen) atoms. The molecule has 1 spiro atoms. The molecule has 6 atom stereocenters. The largest absolute Gasteiger partial charge is 0.508 e. The Labute approximate surface area is 236 Å². The predicted octanol–water partition coefficient (Wildman–Crippen LogP) is 6.00. The molecule has 202 valence electrons. The SMILES string of the molecule is O=C(c1nc2ccccc2[nH]1)C1[C@@H](c2cccc(O)c2)C2CC3CCCCC3N2[C@@]12C(=O)Nc1cc(Cl)ccc12. The molecule has 8 rings (SSSR count). The molecule has 4 aromatic rings. The first kappa shape index (κ1) is 24.1. The van der Waals surface area contributed by atoms with E-state index >= 15 is 0 Å². The number of halogens is 1. The summed E-state index contributed by atoms with van der Waals surface area (Å²) < 4.78 is 0. The van der Waals surface area contributed by atoms with Gasteiger partial charge in [-0.1, -0.05) is 54.8 Å². The van der Waals surface area contributed by atoms with Gasteiger partial charge in [0.2, 0.25) is 11.7 Å². The average Bonchev–Trinajstić information content (AvgIpc) is 3.68. The zero-order valence-electron chi connectivity index (χ0n) is 21.8.